The average molecular weight is 481 g/mol. The van der Waals surface area contributed by atoms with Crippen LogP contribution in [0.15, 0.2) is 53.1 Å². The van der Waals surface area contributed by atoms with Gasteiger partial charge in [-0.3, -0.25) is 9.69 Å². The maximum Gasteiger partial charge on any atom is 0.241 e. The summed E-state index contributed by atoms with van der Waals surface area (Å²) in [6.07, 6.45) is 2.36. The molecule has 2 aliphatic heterocycles. The van der Waals surface area contributed by atoms with Gasteiger partial charge in [-0.1, -0.05) is 35.0 Å². The lowest BCUT2D eigenvalue weighted by Gasteiger charge is -2.39. The van der Waals surface area contributed by atoms with Crippen LogP contribution >= 0.6 is 11.6 Å². The van der Waals surface area contributed by atoms with Crippen LogP contribution in [0, 0.1) is 5.92 Å². The SMILES string of the molecule is CC1(C)CC(NC(=O)C2CCN(Cc3nc(-c4ccc(Cl)cc4)no3)CC2)c2ccccc2O1. The van der Waals surface area contributed by atoms with Crippen molar-refractivity contribution in [3.63, 3.8) is 0 Å². The van der Waals surface area contributed by atoms with E-state index in [1.54, 1.807) is 0 Å². The number of nitrogens with one attached hydrogen (secondary N) is 1. The molecule has 34 heavy (non-hydrogen) atoms. The van der Waals surface area contributed by atoms with E-state index in [-0.39, 0.29) is 23.5 Å². The van der Waals surface area contributed by atoms with E-state index >= 15 is 0 Å². The molecular weight excluding hydrogens is 452 g/mol. The van der Waals surface area contributed by atoms with Crippen molar-refractivity contribution in [1.29, 1.82) is 0 Å². The number of carbonyl (C=O) groups excluding carboxylic acids is 1. The molecule has 0 radical (unpaired) electrons. The Balaban J connectivity index is 1.15. The molecule has 7 nitrogen and oxygen atoms in total. The first-order valence-corrected chi connectivity index (χ1v) is 12.1. The number of carbonyl (C=O) groups is 1. The van der Waals surface area contributed by atoms with Gasteiger partial charge in [-0.2, -0.15) is 4.98 Å². The van der Waals surface area contributed by atoms with E-state index < -0.39 is 0 Å². The topological polar surface area (TPSA) is 80.5 Å². The van der Waals surface area contributed by atoms with E-state index in [0.29, 0.717) is 23.3 Å². The van der Waals surface area contributed by atoms with Gasteiger partial charge in [0.05, 0.1) is 12.6 Å². The normalized spacial score (nSPS) is 20.4. The number of piperidine rings is 1. The van der Waals surface area contributed by atoms with Crippen molar-refractivity contribution >= 4 is 17.5 Å². The maximum atomic E-state index is 13.1. The number of rotatable bonds is 5. The van der Waals surface area contributed by atoms with E-state index in [0.717, 1.165) is 49.2 Å². The molecule has 3 heterocycles. The number of amides is 1. The molecule has 178 valence electrons. The lowest BCUT2D eigenvalue weighted by Crippen LogP contribution is -2.45. The highest BCUT2D eigenvalue weighted by Crippen LogP contribution is 2.39. The minimum atomic E-state index is -0.315. The molecule has 1 N–H and O–H groups in total. The number of likely N-dealkylation sites (tertiary alicyclic amines) is 1. The van der Waals surface area contributed by atoms with E-state index in [1.807, 2.05) is 48.5 Å². The van der Waals surface area contributed by atoms with Crippen molar-refractivity contribution in [2.75, 3.05) is 13.1 Å². The molecule has 0 aliphatic carbocycles. The molecule has 1 unspecified atom stereocenters. The van der Waals surface area contributed by atoms with Gasteiger partial charge >= 0.3 is 0 Å². The van der Waals surface area contributed by atoms with Gasteiger partial charge in [0.15, 0.2) is 0 Å². The molecule has 5 rings (SSSR count). The van der Waals surface area contributed by atoms with Crippen LogP contribution in [0.4, 0.5) is 0 Å². The van der Waals surface area contributed by atoms with Crippen molar-refractivity contribution < 1.29 is 14.1 Å². The number of benzene rings is 2. The van der Waals surface area contributed by atoms with Gasteiger partial charge in [0.25, 0.3) is 0 Å². The molecule has 2 aromatic carbocycles. The summed E-state index contributed by atoms with van der Waals surface area (Å²) in [6, 6.07) is 15.3. The van der Waals surface area contributed by atoms with Crippen LogP contribution in [-0.2, 0) is 11.3 Å². The number of ether oxygens (including phenoxy) is 1. The Bertz CT molecular complexity index is 1150. The Morgan fingerprint density at radius 3 is 2.65 bits per heavy atom. The number of para-hydroxylation sites is 1. The van der Waals surface area contributed by atoms with Crippen molar-refractivity contribution in [3.05, 3.63) is 65.0 Å². The summed E-state index contributed by atoms with van der Waals surface area (Å²) < 4.78 is 11.6. The highest BCUT2D eigenvalue weighted by Gasteiger charge is 2.36. The number of nitrogens with zero attached hydrogens (tertiary/aromatic N) is 3. The van der Waals surface area contributed by atoms with Gasteiger partial charge in [0.1, 0.15) is 11.4 Å². The van der Waals surface area contributed by atoms with E-state index in [1.165, 1.54) is 0 Å². The first kappa shape index (κ1) is 22.9. The minimum absolute atomic E-state index is 0.00156. The van der Waals surface area contributed by atoms with Crippen molar-refractivity contribution in [3.8, 4) is 17.1 Å². The molecule has 1 fully saturated rings. The number of aromatic nitrogens is 2. The Morgan fingerprint density at radius 2 is 1.88 bits per heavy atom. The predicted molar refractivity (Wildman–Crippen MR) is 129 cm³/mol. The van der Waals surface area contributed by atoms with Crippen LogP contribution in [-0.4, -0.2) is 39.6 Å². The largest absolute Gasteiger partial charge is 0.487 e. The molecule has 8 heteroatoms. The summed E-state index contributed by atoms with van der Waals surface area (Å²) in [7, 11) is 0. The summed E-state index contributed by atoms with van der Waals surface area (Å²) in [4.78, 5) is 19.9. The maximum absolute atomic E-state index is 13.1. The third kappa shape index (κ3) is 5.10. The molecule has 0 spiro atoms. The zero-order valence-corrected chi connectivity index (χ0v) is 20.2. The lowest BCUT2D eigenvalue weighted by atomic mass is 9.88. The first-order valence-electron chi connectivity index (χ1n) is 11.8. The molecule has 1 saturated heterocycles. The highest BCUT2D eigenvalue weighted by molar-refractivity contribution is 6.30. The lowest BCUT2D eigenvalue weighted by molar-refractivity contribution is -0.127. The second kappa shape index (κ2) is 9.39. The van der Waals surface area contributed by atoms with E-state index in [4.69, 9.17) is 20.9 Å². The van der Waals surface area contributed by atoms with Crippen LogP contribution in [0.1, 0.15) is 50.6 Å². The fourth-order valence-corrected chi connectivity index (χ4v) is 4.93. The minimum Gasteiger partial charge on any atom is -0.487 e. The van der Waals surface area contributed by atoms with Crippen LogP contribution in [0.3, 0.4) is 0 Å². The van der Waals surface area contributed by atoms with Crippen molar-refractivity contribution in [2.45, 2.75) is 51.3 Å². The standard InChI is InChI=1S/C26H29ClN4O3/c1-26(2)15-21(20-5-3-4-6-22(20)33-26)28-25(32)18-11-13-31(14-12-18)16-23-29-24(30-34-23)17-7-9-19(27)10-8-17/h3-10,18,21H,11-16H2,1-2H3,(H,28,32). The van der Waals surface area contributed by atoms with Crippen LogP contribution in [0.5, 0.6) is 5.75 Å². The molecular formula is C26H29ClN4O3. The molecule has 2 aliphatic rings. The fourth-order valence-electron chi connectivity index (χ4n) is 4.80. The number of hydrogen-bond donors (Lipinski definition) is 1. The Kier molecular flexibility index (Phi) is 6.32. The second-order valence-corrected chi connectivity index (χ2v) is 10.2. The van der Waals surface area contributed by atoms with Gasteiger partial charge in [-0.15, -0.1) is 0 Å². The number of fused-ring (bicyclic) bond motifs is 1. The summed E-state index contributed by atoms with van der Waals surface area (Å²) in [5, 5.41) is 8.06. The third-order valence-corrected chi connectivity index (χ3v) is 6.83. The van der Waals surface area contributed by atoms with Crippen LogP contribution < -0.4 is 10.1 Å². The van der Waals surface area contributed by atoms with E-state index in [2.05, 4.69) is 34.2 Å². The molecule has 1 atom stereocenters. The highest BCUT2D eigenvalue weighted by atomic mass is 35.5. The monoisotopic (exact) mass is 480 g/mol. The van der Waals surface area contributed by atoms with Gasteiger partial charge in [0.2, 0.25) is 17.6 Å². The van der Waals surface area contributed by atoms with E-state index in [9.17, 15) is 4.79 Å². The first-order chi connectivity index (χ1) is 16.4. The molecule has 3 aromatic rings. The summed E-state index contributed by atoms with van der Waals surface area (Å²) >= 11 is 5.95. The van der Waals surface area contributed by atoms with Crippen molar-refractivity contribution in [2.24, 2.45) is 5.92 Å². The Morgan fingerprint density at radius 1 is 1.15 bits per heavy atom. The van der Waals surface area contributed by atoms with Crippen molar-refractivity contribution in [1.82, 2.24) is 20.4 Å². The molecule has 1 aromatic heterocycles. The van der Waals surface area contributed by atoms with Gasteiger partial charge in [0, 0.05) is 28.5 Å². The summed E-state index contributed by atoms with van der Waals surface area (Å²) in [6.45, 7) is 6.34. The zero-order chi connectivity index (χ0) is 23.7. The molecule has 0 bridgehead atoms. The second-order valence-electron chi connectivity index (χ2n) is 9.73. The summed E-state index contributed by atoms with van der Waals surface area (Å²) in [5.74, 6) is 2.12. The Hall–Kier alpha value is -2.90. The number of halogens is 1. The Labute approximate surface area is 204 Å². The predicted octanol–water partition coefficient (Wildman–Crippen LogP) is 5.02. The third-order valence-electron chi connectivity index (χ3n) is 6.58. The van der Waals surface area contributed by atoms with Gasteiger partial charge in [-0.25, -0.2) is 0 Å². The zero-order valence-electron chi connectivity index (χ0n) is 19.5. The van der Waals surface area contributed by atoms with Crippen LogP contribution in [0.2, 0.25) is 5.02 Å². The fraction of sp³-hybridized carbons (Fsp3) is 0.423. The smallest absolute Gasteiger partial charge is 0.241 e. The summed E-state index contributed by atoms with van der Waals surface area (Å²) in [5.41, 5.74) is 1.61. The number of hydrogen-bond acceptors (Lipinski definition) is 6. The van der Waals surface area contributed by atoms with Crippen LogP contribution in [0.25, 0.3) is 11.4 Å². The molecule has 0 saturated carbocycles. The van der Waals surface area contributed by atoms with Gasteiger partial charge < -0.3 is 14.6 Å². The van der Waals surface area contributed by atoms with Gasteiger partial charge in [-0.05, 0) is 70.1 Å². The quantitative estimate of drug-likeness (QED) is 0.552. The average Bonchev–Trinajstić information content (AvgIpc) is 3.27. The molecule has 1 amide bonds.